The number of nitrogens with zero attached hydrogens (tertiary/aromatic N) is 3. The maximum Gasteiger partial charge on any atom is 0.251 e. The molecule has 78 valence electrons. The van der Waals surface area contributed by atoms with Crippen molar-refractivity contribution in [1.29, 1.82) is 0 Å². The van der Waals surface area contributed by atoms with Gasteiger partial charge in [-0.25, -0.2) is 0 Å². The fourth-order valence-corrected chi connectivity index (χ4v) is 1.41. The highest BCUT2D eigenvalue weighted by molar-refractivity contribution is 5.94. The van der Waals surface area contributed by atoms with Gasteiger partial charge in [0.25, 0.3) is 5.91 Å². The van der Waals surface area contributed by atoms with Crippen LogP contribution in [0.1, 0.15) is 23.1 Å². The Bertz CT molecular complexity index is 503. The fraction of sp³-hybridized carbons (Fsp3) is 0.300. The number of pyridine rings is 1. The molecule has 2 rings (SSSR count). The van der Waals surface area contributed by atoms with Gasteiger partial charge >= 0.3 is 0 Å². The van der Waals surface area contributed by atoms with Gasteiger partial charge in [0.15, 0.2) is 5.65 Å². The summed E-state index contributed by atoms with van der Waals surface area (Å²) in [4.78, 5) is 11.5. The van der Waals surface area contributed by atoms with Crippen molar-refractivity contribution < 1.29 is 4.79 Å². The highest BCUT2D eigenvalue weighted by atomic mass is 16.1. The Balaban J connectivity index is 2.43. The molecule has 15 heavy (non-hydrogen) atoms. The molecule has 0 aliphatic carbocycles. The number of nitrogens with one attached hydrogen (secondary N) is 1. The molecule has 0 bridgehead atoms. The summed E-state index contributed by atoms with van der Waals surface area (Å²) in [5.74, 6) is 0.730. The summed E-state index contributed by atoms with van der Waals surface area (Å²) < 4.78 is 1.84. The Kier molecular flexibility index (Phi) is 2.37. The van der Waals surface area contributed by atoms with Gasteiger partial charge in [-0.05, 0) is 26.0 Å². The SMILES string of the molecule is CCNC(=O)c1ccn2c(C)nnc2c1. The molecule has 0 saturated carbocycles. The van der Waals surface area contributed by atoms with Crippen molar-refractivity contribution in [3.8, 4) is 0 Å². The summed E-state index contributed by atoms with van der Waals surface area (Å²) in [5.41, 5.74) is 1.30. The zero-order valence-electron chi connectivity index (χ0n) is 8.69. The molecular formula is C10H12N4O. The van der Waals surface area contributed by atoms with E-state index in [-0.39, 0.29) is 5.91 Å². The number of aromatic nitrogens is 3. The molecule has 0 aliphatic heterocycles. The van der Waals surface area contributed by atoms with Crippen LogP contribution in [0.25, 0.3) is 5.65 Å². The quantitative estimate of drug-likeness (QED) is 0.786. The standard InChI is InChI=1S/C10H12N4O/c1-3-11-10(15)8-4-5-14-7(2)12-13-9(14)6-8/h4-6H,3H2,1-2H3,(H,11,15). The van der Waals surface area contributed by atoms with Crippen molar-refractivity contribution in [3.05, 3.63) is 29.7 Å². The lowest BCUT2D eigenvalue weighted by Gasteiger charge is -2.02. The molecule has 0 aliphatic rings. The van der Waals surface area contributed by atoms with E-state index in [0.717, 1.165) is 5.82 Å². The minimum absolute atomic E-state index is 0.0827. The molecule has 0 fully saturated rings. The molecular weight excluding hydrogens is 192 g/mol. The molecule has 0 saturated heterocycles. The van der Waals surface area contributed by atoms with Crippen LogP contribution in [0.5, 0.6) is 0 Å². The molecule has 0 atom stereocenters. The highest BCUT2D eigenvalue weighted by Crippen LogP contribution is 2.06. The van der Waals surface area contributed by atoms with Crippen LogP contribution in [0, 0.1) is 6.92 Å². The lowest BCUT2D eigenvalue weighted by atomic mass is 10.2. The number of hydrogen-bond donors (Lipinski definition) is 1. The van der Waals surface area contributed by atoms with Gasteiger partial charge in [-0.15, -0.1) is 10.2 Å². The first-order chi connectivity index (χ1) is 7.22. The monoisotopic (exact) mass is 204 g/mol. The van der Waals surface area contributed by atoms with E-state index in [2.05, 4.69) is 15.5 Å². The molecule has 0 unspecified atom stereocenters. The van der Waals surface area contributed by atoms with E-state index < -0.39 is 0 Å². The van der Waals surface area contributed by atoms with E-state index in [1.165, 1.54) is 0 Å². The Morgan fingerprint density at radius 1 is 1.53 bits per heavy atom. The summed E-state index contributed by atoms with van der Waals surface area (Å²) in [6.45, 7) is 4.37. The second-order valence-electron chi connectivity index (χ2n) is 3.25. The minimum Gasteiger partial charge on any atom is -0.352 e. The third-order valence-corrected chi connectivity index (χ3v) is 2.18. The first-order valence-electron chi connectivity index (χ1n) is 4.82. The lowest BCUT2D eigenvalue weighted by Crippen LogP contribution is -2.22. The number of rotatable bonds is 2. The summed E-state index contributed by atoms with van der Waals surface area (Å²) in [7, 11) is 0. The second kappa shape index (κ2) is 3.68. The average molecular weight is 204 g/mol. The number of carbonyl (C=O) groups excluding carboxylic acids is 1. The lowest BCUT2D eigenvalue weighted by molar-refractivity contribution is 0.0956. The Labute approximate surface area is 87.1 Å². The van der Waals surface area contributed by atoms with E-state index in [9.17, 15) is 4.79 Å². The van der Waals surface area contributed by atoms with Crippen molar-refractivity contribution in [2.75, 3.05) is 6.54 Å². The number of hydrogen-bond acceptors (Lipinski definition) is 3. The van der Waals surface area contributed by atoms with Gasteiger partial charge in [0.2, 0.25) is 0 Å². The van der Waals surface area contributed by atoms with E-state index in [1.54, 1.807) is 18.3 Å². The van der Waals surface area contributed by atoms with Crippen LogP contribution >= 0.6 is 0 Å². The molecule has 5 heteroatoms. The van der Waals surface area contributed by atoms with Gasteiger partial charge < -0.3 is 5.32 Å². The van der Waals surface area contributed by atoms with Crippen molar-refractivity contribution in [2.24, 2.45) is 0 Å². The first kappa shape index (κ1) is 9.64. The maximum atomic E-state index is 11.5. The molecule has 1 amide bonds. The maximum absolute atomic E-state index is 11.5. The van der Waals surface area contributed by atoms with Gasteiger partial charge in [-0.2, -0.15) is 0 Å². The molecule has 0 spiro atoms. The summed E-state index contributed by atoms with van der Waals surface area (Å²) >= 11 is 0. The van der Waals surface area contributed by atoms with Gasteiger partial charge in [0.1, 0.15) is 5.82 Å². The zero-order chi connectivity index (χ0) is 10.8. The number of fused-ring (bicyclic) bond motifs is 1. The van der Waals surface area contributed by atoms with Crippen molar-refractivity contribution >= 4 is 11.6 Å². The summed E-state index contributed by atoms with van der Waals surface area (Å²) in [5, 5.41) is 10.6. The van der Waals surface area contributed by atoms with Crippen molar-refractivity contribution in [1.82, 2.24) is 19.9 Å². The van der Waals surface area contributed by atoms with Crippen LogP contribution in [0.3, 0.4) is 0 Å². The van der Waals surface area contributed by atoms with Crippen LogP contribution in [0.4, 0.5) is 0 Å². The third-order valence-electron chi connectivity index (χ3n) is 2.18. The van der Waals surface area contributed by atoms with Crippen LogP contribution in [-0.4, -0.2) is 27.0 Å². The van der Waals surface area contributed by atoms with E-state index in [1.807, 2.05) is 18.2 Å². The Morgan fingerprint density at radius 3 is 3.07 bits per heavy atom. The molecule has 2 heterocycles. The Hall–Kier alpha value is -1.91. The Morgan fingerprint density at radius 2 is 2.33 bits per heavy atom. The number of carbonyl (C=O) groups is 1. The summed E-state index contributed by atoms with van der Waals surface area (Å²) in [6.07, 6.45) is 1.80. The van der Waals surface area contributed by atoms with E-state index in [0.29, 0.717) is 17.8 Å². The predicted octanol–water partition coefficient (Wildman–Crippen LogP) is 0.787. The largest absolute Gasteiger partial charge is 0.352 e. The third kappa shape index (κ3) is 1.68. The van der Waals surface area contributed by atoms with E-state index >= 15 is 0 Å². The van der Waals surface area contributed by atoms with Crippen LogP contribution in [-0.2, 0) is 0 Å². The molecule has 0 radical (unpaired) electrons. The summed E-state index contributed by atoms with van der Waals surface area (Å²) in [6, 6.07) is 3.49. The van der Waals surface area contributed by atoms with Crippen LogP contribution in [0.2, 0.25) is 0 Å². The highest BCUT2D eigenvalue weighted by Gasteiger charge is 2.07. The predicted molar refractivity (Wildman–Crippen MR) is 55.7 cm³/mol. The van der Waals surface area contributed by atoms with Crippen molar-refractivity contribution in [3.63, 3.8) is 0 Å². The normalized spacial score (nSPS) is 10.5. The number of aryl methyl sites for hydroxylation is 1. The molecule has 5 nitrogen and oxygen atoms in total. The fourth-order valence-electron chi connectivity index (χ4n) is 1.41. The van der Waals surface area contributed by atoms with E-state index in [4.69, 9.17) is 0 Å². The minimum atomic E-state index is -0.0827. The van der Waals surface area contributed by atoms with Gasteiger partial charge in [-0.3, -0.25) is 9.20 Å². The molecule has 0 aromatic carbocycles. The van der Waals surface area contributed by atoms with Gasteiger partial charge in [0, 0.05) is 18.3 Å². The number of amides is 1. The first-order valence-corrected chi connectivity index (χ1v) is 4.82. The van der Waals surface area contributed by atoms with Gasteiger partial charge in [-0.1, -0.05) is 0 Å². The van der Waals surface area contributed by atoms with Crippen LogP contribution < -0.4 is 5.32 Å². The molecule has 1 N–H and O–H groups in total. The molecule has 2 aromatic rings. The van der Waals surface area contributed by atoms with Crippen molar-refractivity contribution in [2.45, 2.75) is 13.8 Å². The average Bonchev–Trinajstić information content (AvgIpc) is 2.60. The molecule has 2 aromatic heterocycles. The van der Waals surface area contributed by atoms with Crippen LogP contribution in [0.15, 0.2) is 18.3 Å². The zero-order valence-corrected chi connectivity index (χ0v) is 8.69. The smallest absolute Gasteiger partial charge is 0.251 e. The topological polar surface area (TPSA) is 59.3 Å². The van der Waals surface area contributed by atoms with Gasteiger partial charge in [0.05, 0.1) is 0 Å². The second-order valence-corrected chi connectivity index (χ2v) is 3.25.